The van der Waals surface area contributed by atoms with Gasteiger partial charge in [0.25, 0.3) is 0 Å². The molecule has 0 aliphatic rings. The third kappa shape index (κ3) is 2.45. The quantitative estimate of drug-likeness (QED) is 0.737. The van der Waals surface area contributed by atoms with Gasteiger partial charge in [0, 0.05) is 0 Å². The lowest BCUT2D eigenvalue weighted by Gasteiger charge is -2.13. The molecule has 0 spiro atoms. The summed E-state index contributed by atoms with van der Waals surface area (Å²) >= 11 is 0. The summed E-state index contributed by atoms with van der Waals surface area (Å²) < 4.78 is 28.0. The molecule has 1 N–H and O–H groups in total. The Labute approximate surface area is 81.9 Å². The molecule has 74 valence electrons. The molecule has 0 heterocycles. The van der Waals surface area contributed by atoms with Gasteiger partial charge in [-0.2, -0.15) is 8.78 Å². The van der Waals surface area contributed by atoms with E-state index in [0.717, 1.165) is 0 Å². The number of alkyl halides is 2. The highest BCUT2D eigenvalue weighted by atomic mass is 19.3. The van der Waals surface area contributed by atoms with Gasteiger partial charge in [0.15, 0.2) is 0 Å². The fraction of sp³-hybridized carbons (Fsp3) is 0.333. The van der Waals surface area contributed by atoms with E-state index in [4.69, 9.17) is 7.85 Å². The standard InChI is InChI=1S/C9H9BF2O2/c1-5(13)6-3-2-4-7(8(6)10)14-9(11)12/h2-5,9,13H,1H3/t5-/m1/s1. The van der Waals surface area contributed by atoms with Gasteiger partial charge in [-0.05, 0) is 24.0 Å². The molecule has 5 heteroatoms. The van der Waals surface area contributed by atoms with Crippen LogP contribution in [0.15, 0.2) is 18.2 Å². The lowest BCUT2D eigenvalue weighted by atomic mass is 9.87. The second-order valence-electron chi connectivity index (χ2n) is 2.81. The largest absolute Gasteiger partial charge is 0.435 e. The van der Waals surface area contributed by atoms with Crippen LogP contribution in [-0.4, -0.2) is 19.6 Å². The Morgan fingerprint density at radius 2 is 2.07 bits per heavy atom. The van der Waals surface area contributed by atoms with E-state index >= 15 is 0 Å². The molecule has 0 bridgehead atoms. The maximum absolute atomic E-state index is 11.9. The van der Waals surface area contributed by atoms with E-state index in [2.05, 4.69) is 4.74 Å². The van der Waals surface area contributed by atoms with Gasteiger partial charge in [-0.15, -0.1) is 0 Å². The molecule has 0 aliphatic carbocycles. The number of rotatable bonds is 3. The number of hydrogen-bond donors (Lipinski definition) is 1. The van der Waals surface area contributed by atoms with Crippen LogP contribution in [-0.2, 0) is 0 Å². The third-order valence-corrected chi connectivity index (χ3v) is 1.77. The van der Waals surface area contributed by atoms with Gasteiger partial charge < -0.3 is 9.84 Å². The average molecular weight is 198 g/mol. The molecule has 0 saturated carbocycles. The Hall–Kier alpha value is -1.10. The Balaban J connectivity index is 3.01. The molecular weight excluding hydrogens is 189 g/mol. The molecule has 1 atom stereocenters. The van der Waals surface area contributed by atoms with Gasteiger partial charge in [0.05, 0.1) is 6.10 Å². The highest BCUT2D eigenvalue weighted by Crippen LogP contribution is 2.16. The van der Waals surface area contributed by atoms with Gasteiger partial charge in [-0.25, -0.2) is 0 Å². The van der Waals surface area contributed by atoms with E-state index in [9.17, 15) is 13.9 Å². The Kier molecular flexibility index (Phi) is 3.46. The lowest BCUT2D eigenvalue weighted by Crippen LogP contribution is -2.18. The molecular formula is C9H9BF2O2. The van der Waals surface area contributed by atoms with Crippen molar-refractivity contribution < 1.29 is 18.6 Å². The Morgan fingerprint density at radius 1 is 1.43 bits per heavy atom. The number of halogens is 2. The van der Waals surface area contributed by atoms with Crippen molar-refractivity contribution in [2.24, 2.45) is 0 Å². The van der Waals surface area contributed by atoms with Crippen LogP contribution in [0.4, 0.5) is 8.78 Å². The third-order valence-electron chi connectivity index (χ3n) is 1.77. The monoisotopic (exact) mass is 198 g/mol. The van der Waals surface area contributed by atoms with Crippen molar-refractivity contribution in [1.29, 1.82) is 0 Å². The van der Waals surface area contributed by atoms with Gasteiger partial charge in [0.2, 0.25) is 0 Å². The zero-order chi connectivity index (χ0) is 10.7. The van der Waals surface area contributed by atoms with Crippen molar-refractivity contribution in [3.63, 3.8) is 0 Å². The highest BCUT2D eigenvalue weighted by Gasteiger charge is 2.11. The summed E-state index contributed by atoms with van der Waals surface area (Å²) in [6.45, 7) is -1.42. The maximum Gasteiger partial charge on any atom is 0.387 e. The second kappa shape index (κ2) is 4.42. The first-order valence-electron chi connectivity index (χ1n) is 4.03. The number of aliphatic hydroxyl groups is 1. The predicted octanol–water partition coefficient (Wildman–Crippen LogP) is 1.14. The van der Waals surface area contributed by atoms with Crippen LogP contribution < -0.4 is 10.2 Å². The molecule has 0 saturated heterocycles. The molecule has 0 amide bonds. The minimum atomic E-state index is -2.92. The second-order valence-corrected chi connectivity index (χ2v) is 2.81. The van der Waals surface area contributed by atoms with E-state index in [0.29, 0.717) is 5.56 Å². The fourth-order valence-corrected chi connectivity index (χ4v) is 1.12. The molecule has 1 rings (SSSR count). The van der Waals surface area contributed by atoms with Crippen LogP contribution in [0.2, 0.25) is 0 Å². The van der Waals surface area contributed by atoms with E-state index in [1.807, 2.05) is 0 Å². The van der Waals surface area contributed by atoms with Crippen molar-refractivity contribution in [3.05, 3.63) is 23.8 Å². The molecule has 0 aliphatic heterocycles. The molecule has 2 radical (unpaired) electrons. The highest BCUT2D eigenvalue weighted by molar-refractivity contribution is 6.35. The number of aliphatic hydroxyl groups excluding tert-OH is 1. The van der Waals surface area contributed by atoms with Gasteiger partial charge in [-0.1, -0.05) is 12.1 Å². The van der Waals surface area contributed by atoms with Crippen LogP contribution in [0.5, 0.6) is 5.75 Å². The molecule has 0 fully saturated rings. The zero-order valence-electron chi connectivity index (χ0n) is 7.58. The van der Waals surface area contributed by atoms with E-state index in [1.165, 1.54) is 19.1 Å². The van der Waals surface area contributed by atoms with Crippen LogP contribution >= 0.6 is 0 Å². The molecule has 14 heavy (non-hydrogen) atoms. The average Bonchev–Trinajstić information content (AvgIpc) is 2.07. The predicted molar refractivity (Wildman–Crippen MR) is 49.1 cm³/mol. The first kappa shape index (κ1) is 11.0. The Bertz CT molecular complexity index is 316. The van der Waals surface area contributed by atoms with Crippen LogP contribution in [0.1, 0.15) is 18.6 Å². The Morgan fingerprint density at radius 3 is 2.57 bits per heavy atom. The first-order valence-corrected chi connectivity index (χ1v) is 4.03. The van der Waals surface area contributed by atoms with Crippen LogP contribution in [0.25, 0.3) is 0 Å². The molecule has 0 unspecified atom stereocenters. The number of hydrogen-bond acceptors (Lipinski definition) is 2. The minimum Gasteiger partial charge on any atom is -0.435 e. The topological polar surface area (TPSA) is 29.5 Å². The summed E-state index contributed by atoms with van der Waals surface area (Å²) in [6, 6.07) is 4.38. The maximum atomic E-state index is 11.9. The summed E-state index contributed by atoms with van der Waals surface area (Å²) in [4.78, 5) is 0. The lowest BCUT2D eigenvalue weighted by molar-refractivity contribution is -0.0492. The smallest absolute Gasteiger partial charge is 0.387 e. The minimum absolute atomic E-state index is 0.0443. The molecule has 2 nitrogen and oxygen atoms in total. The molecule has 1 aromatic rings. The fourth-order valence-electron chi connectivity index (χ4n) is 1.12. The summed E-state index contributed by atoms with van der Waals surface area (Å²) in [5.74, 6) is -0.113. The summed E-state index contributed by atoms with van der Waals surface area (Å²) in [7, 11) is 5.51. The summed E-state index contributed by atoms with van der Waals surface area (Å²) in [6.07, 6.45) is -0.809. The summed E-state index contributed by atoms with van der Waals surface area (Å²) in [5.41, 5.74) is 0.422. The van der Waals surface area contributed by atoms with Crippen molar-refractivity contribution in [3.8, 4) is 5.75 Å². The van der Waals surface area contributed by atoms with Gasteiger partial charge in [-0.3, -0.25) is 0 Å². The zero-order valence-corrected chi connectivity index (χ0v) is 7.58. The van der Waals surface area contributed by atoms with Gasteiger partial charge in [0.1, 0.15) is 13.6 Å². The normalized spacial score (nSPS) is 12.9. The number of ether oxygens (including phenoxy) is 1. The molecule has 0 aromatic heterocycles. The van der Waals surface area contributed by atoms with E-state index in [-0.39, 0.29) is 11.2 Å². The van der Waals surface area contributed by atoms with E-state index in [1.54, 1.807) is 6.07 Å². The SMILES string of the molecule is [B]c1c(OC(F)F)cccc1[C@@H](C)O. The summed E-state index contributed by atoms with van der Waals surface area (Å²) in [5, 5.41) is 9.24. The van der Waals surface area contributed by atoms with Crippen molar-refractivity contribution in [1.82, 2.24) is 0 Å². The number of benzene rings is 1. The van der Waals surface area contributed by atoms with Crippen molar-refractivity contribution in [2.45, 2.75) is 19.6 Å². The van der Waals surface area contributed by atoms with Crippen LogP contribution in [0.3, 0.4) is 0 Å². The van der Waals surface area contributed by atoms with Gasteiger partial charge >= 0.3 is 6.61 Å². The molecule has 1 aromatic carbocycles. The first-order chi connectivity index (χ1) is 6.52. The van der Waals surface area contributed by atoms with E-state index < -0.39 is 12.7 Å². The van der Waals surface area contributed by atoms with Crippen LogP contribution in [0, 0.1) is 0 Å². The van der Waals surface area contributed by atoms with Crippen molar-refractivity contribution in [2.75, 3.05) is 0 Å². The van der Waals surface area contributed by atoms with Crippen molar-refractivity contribution >= 4 is 13.3 Å².